The summed E-state index contributed by atoms with van der Waals surface area (Å²) in [5.74, 6) is -1.24. The van der Waals surface area contributed by atoms with E-state index in [1.54, 1.807) is 12.1 Å². The Morgan fingerprint density at radius 1 is 1.00 bits per heavy atom. The maximum absolute atomic E-state index is 12.8. The molecule has 2 rings (SSSR count). The third-order valence-electron chi connectivity index (χ3n) is 3.70. The molecule has 0 fully saturated rings. The lowest BCUT2D eigenvalue weighted by atomic mass is 9.94. The van der Waals surface area contributed by atoms with Gasteiger partial charge in [-0.3, -0.25) is 20.4 Å². The van der Waals surface area contributed by atoms with Crippen LogP contribution in [0.4, 0.5) is 4.39 Å². The van der Waals surface area contributed by atoms with Crippen molar-refractivity contribution in [3.05, 3.63) is 71.5 Å². The number of hydrazine groups is 1. The van der Waals surface area contributed by atoms with Gasteiger partial charge in [-0.2, -0.15) is 0 Å². The molecule has 5 heteroatoms. The van der Waals surface area contributed by atoms with Crippen molar-refractivity contribution in [2.45, 2.75) is 32.1 Å². The van der Waals surface area contributed by atoms with Crippen molar-refractivity contribution in [2.75, 3.05) is 0 Å². The maximum atomic E-state index is 12.8. The minimum Gasteiger partial charge on any atom is -0.273 e. The van der Waals surface area contributed by atoms with E-state index >= 15 is 0 Å². The van der Waals surface area contributed by atoms with E-state index < -0.39 is 0 Å². The minimum absolute atomic E-state index is 0.0738. The van der Waals surface area contributed by atoms with E-state index in [-0.39, 0.29) is 30.0 Å². The zero-order valence-corrected chi connectivity index (χ0v) is 13.6. The summed E-state index contributed by atoms with van der Waals surface area (Å²) in [5, 5.41) is 0. The third kappa shape index (κ3) is 5.19. The van der Waals surface area contributed by atoms with Crippen LogP contribution in [0.2, 0.25) is 0 Å². The number of nitrogens with one attached hydrogen (secondary N) is 2. The van der Waals surface area contributed by atoms with E-state index in [1.807, 2.05) is 37.3 Å². The van der Waals surface area contributed by atoms with Crippen molar-refractivity contribution >= 4 is 11.8 Å². The van der Waals surface area contributed by atoms with Crippen molar-refractivity contribution in [3.8, 4) is 0 Å². The Hall–Kier alpha value is -2.69. The molecule has 0 heterocycles. The Kier molecular flexibility index (Phi) is 6.49. The first-order chi connectivity index (χ1) is 11.6. The summed E-state index contributed by atoms with van der Waals surface area (Å²) < 4.78 is 12.8. The molecule has 0 radical (unpaired) electrons. The predicted molar refractivity (Wildman–Crippen MR) is 90.5 cm³/mol. The fourth-order valence-corrected chi connectivity index (χ4v) is 2.47. The Balaban J connectivity index is 1.90. The molecule has 1 atom stereocenters. The number of carbonyl (C=O) groups excluding carboxylic acids is 2. The molecule has 0 aromatic heterocycles. The number of halogens is 1. The SMILES string of the molecule is CCCC(C(=O)NNC(=O)Cc1ccc(F)cc1)c1ccccc1. The highest BCUT2D eigenvalue weighted by atomic mass is 19.1. The van der Waals surface area contributed by atoms with Gasteiger partial charge in [0.15, 0.2) is 0 Å². The molecular formula is C19H21FN2O2. The Morgan fingerprint density at radius 3 is 2.29 bits per heavy atom. The third-order valence-corrected chi connectivity index (χ3v) is 3.70. The second-order valence-corrected chi connectivity index (χ2v) is 5.59. The quantitative estimate of drug-likeness (QED) is 0.801. The standard InChI is InChI=1S/C19H21FN2O2/c1-2-6-17(15-7-4-3-5-8-15)19(24)22-21-18(23)13-14-9-11-16(20)12-10-14/h3-5,7-12,17H,2,6,13H2,1H3,(H,21,23)(H,22,24). The van der Waals surface area contributed by atoms with E-state index in [9.17, 15) is 14.0 Å². The highest BCUT2D eigenvalue weighted by molar-refractivity contribution is 5.87. The van der Waals surface area contributed by atoms with Crippen LogP contribution in [0.15, 0.2) is 54.6 Å². The van der Waals surface area contributed by atoms with Crippen LogP contribution in [0, 0.1) is 5.82 Å². The molecule has 2 aromatic rings. The Bertz CT molecular complexity index is 672. The van der Waals surface area contributed by atoms with Crippen LogP contribution < -0.4 is 10.9 Å². The Morgan fingerprint density at radius 2 is 1.67 bits per heavy atom. The number of hydrogen-bond acceptors (Lipinski definition) is 2. The van der Waals surface area contributed by atoms with Gasteiger partial charge < -0.3 is 0 Å². The van der Waals surface area contributed by atoms with Crippen molar-refractivity contribution < 1.29 is 14.0 Å². The number of carbonyl (C=O) groups is 2. The van der Waals surface area contributed by atoms with Gasteiger partial charge >= 0.3 is 0 Å². The molecule has 0 bridgehead atoms. The summed E-state index contributed by atoms with van der Waals surface area (Å²) in [6, 6.07) is 15.2. The first-order valence-electron chi connectivity index (χ1n) is 7.98. The van der Waals surface area contributed by atoms with Crippen LogP contribution in [-0.4, -0.2) is 11.8 Å². The number of hydrogen-bond donors (Lipinski definition) is 2. The number of benzene rings is 2. The zero-order valence-electron chi connectivity index (χ0n) is 13.6. The molecular weight excluding hydrogens is 307 g/mol. The molecule has 126 valence electrons. The summed E-state index contributed by atoms with van der Waals surface area (Å²) in [6.45, 7) is 2.01. The van der Waals surface area contributed by atoms with Crippen LogP contribution in [0.25, 0.3) is 0 Å². The van der Waals surface area contributed by atoms with Gasteiger partial charge in [0.1, 0.15) is 5.82 Å². The van der Waals surface area contributed by atoms with Gasteiger partial charge in [0.05, 0.1) is 12.3 Å². The fraction of sp³-hybridized carbons (Fsp3) is 0.263. The van der Waals surface area contributed by atoms with E-state index in [0.29, 0.717) is 12.0 Å². The van der Waals surface area contributed by atoms with Gasteiger partial charge in [0.2, 0.25) is 11.8 Å². The van der Waals surface area contributed by atoms with Gasteiger partial charge in [0, 0.05) is 0 Å². The lowest BCUT2D eigenvalue weighted by Gasteiger charge is -2.17. The van der Waals surface area contributed by atoms with Gasteiger partial charge in [-0.15, -0.1) is 0 Å². The summed E-state index contributed by atoms with van der Waals surface area (Å²) in [5.41, 5.74) is 6.50. The minimum atomic E-state index is -0.349. The first kappa shape index (κ1) is 17.7. The average molecular weight is 328 g/mol. The van der Waals surface area contributed by atoms with Crippen LogP contribution in [-0.2, 0) is 16.0 Å². The van der Waals surface area contributed by atoms with Gasteiger partial charge in [-0.05, 0) is 29.7 Å². The van der Waals surface area contributed by atoms with Crippen LogP contribution in [0.5, 0.6) is 0 Å². The van der Waals surface area contributed by atoms with Crippen molar-refractivity contribution in [3.63, 3.8) is 0 Å². The predicted octanol–water partition coefficient (Wildman–Crippen LogP) is 3.10. The maximum Gasteiger partial charge on any atom is 0.245 e. The molecule has 2 aromatic carbocycles. The highest BCUT2D eigenvalue weighted by Gasteiger charge is 2.19. The number of amides is 2. The average Bonchev–Trinajstić information content (AvgIpc) is 2.60. The van der Waals surface area contributed by atoms with Crippen molar-refractivity contribution in [1.82, 2.24) is 10.9 Å². The number of rotatable bonds is 6. The molecule has 4 nitrogen and oxygen atoms in total. The second kappa shape index (κ2) is 8.82. The molecule has 0 aliphatic heterocycles. The second-order valence-electron chi connectivity index (χ2n) is 5.59. The van der Waals surface area contributed by atoms with E-state index in [2.05, 4.69) is 10.9 Å². The smallest absolute Gasteiger partial charge is 0.245 e. The molecule has 0 aliphatic carbocycles. The highest BCUT2D eigenvalue weighted by Crippen LogP contribution is 2.20. The first-order valence-corrected chi connectivity index (χ1v) is 7.98. The summed E-state index contributed by atoms with van der Waals surface area (Å²) in [6.07, 6.45) is 1.63. The van der Waals surface area contributed by atoms with Crippen molar-refractivity contribution in [2.24, 2.45) is 0 Å². The molecule has 2 N–H and O–H groups in total. The Labute approximate surface area is 141 Å². The molecule has 0 aliphatic rings. The van der Waals surface area contributed by atoms with Crippen LogP contribution in [0.3, 0.4) is 0 Å². The lowest BCUT2D eigenvalue weighted by Crippen LogP contribution is -2.44. The van der Waals surface area contributed by atoms with Crippen LogP contribution >= 0.6 is 0 Å². The van der Waals surface area contributed by atoms with Crippen molar-refractivity contribution in [1.29, 1.82) is 0 Å². The lowest BCUT2D eigenvalue weighted by molar-refractivity contribution is -0.129. The monoisotopic (exact) mass is 328 g/mol. The summed E-state index contributed by atoms with van der Waals surface area (Å²) in [7, 11) is 0. The van der Waals surface area contributed by atoms with E-state index in [0.717, 1.165) is 12.0 Å². The molecule has 0 saturated heterocycles. The van der Waals surface area contributed by atoms with Gasteiger partial charge in [-0.25, -0.2) is 4.39 Å². The molecule has 24 heavy (non-hydrogen) atoms. The fourth-order valence-electron chi connectivity index (χ4n) is 2.47. The van der Waals surface area contributed by atoms with E-state index in [1.165, 1.54) is 12.1 Å². The van der Waals surface area contributed by atoms with Crippen LogP contribution in [0.1, 0.15) is 36.8 Å². The largest absolute Gasteiger partial charge is 0.273 e. The molecule has 0 saturated carbocycles. The van der Waals surface area contributed by atoms with E-state index in [4.69, 9.17) is 0 Å². The summed E-state index contributed by atoms with van der Waals surface area (Å²) >= 11 is 0. The topological polar surface area (TPSA) is 58.2 Å². The van der Waals surface area contributed by atoms with Gasteiger partial charge in [0.25, 0.3) is 0 Å². The molecule has 1 unspecified atom stereocenters. The van der Waals surface area contributed by atoms with Gasteiger partial charge in [-0.1, -0.05) is 55.8 Å². The zero-order chi connectivity index (χ0) is 17.4. The molecule has 2 amide bonds. The normalized spacial score (nSPS) is 11.6. The summed E-state index contributed by atoms with van der Waals surface area (Å²) in [4.78, 5) is 24.3. The molecule has 0 spiro atoms.